The third-order valence-electron chi connectivity index (χ3n) is 7.19. The molecule has 0 amide bonds. The maximum Gasteiger partial charge on any atom is 0.0159 e. The van der Waals surface area contributed by atoms with Crippen molar-refractivity contribution in [1.82, 2.24) is 0 Å². The predicted molar refractivity (Wildman–Crippen MR) is 125 cm³/mol. The number of hydrogen-bond acceptors (Lipinski definition) is 0. The molecule has 0 fully saturated rings. The van der Waals surface area contributed by atoms with Gasteiger partial charge in [0.05, 0.1) is 0 Å². The molecule has 0 heteroatoms. The molecular formula is C29H26. The van der Waals surface area contributed by atoms with Crippen molar-refractivity contribution in [3.63, 3.8) is 0 Å². The Bertz CT molecular complexity index is 1340. The standard InChI is InChI=1S/C29H26/c1-28(2,3)17-10-11-18-20-12-13-21-19-8-6-7-9-24(19)29(4,5)25-15-14-22(23(18)16-17)26(20)27(21)25/h6-16H,1-5H3. The van der Waals surface area contributed by atoms with Crippen LogP contribution in [0.25, 0.3) is 44.2 Å². The fourth-order valence-electron chi connectivity index (χ4n) is 5.57. The highest BCUT2D eigenvalue weighted by Crippen LogP contribution is 2.56. The average Bonchev–Trinajstić information content (AvgIpc) is 3.02. The van der Waals surface area contributed by atoms with E-state index in [-0.39, 0.29) is 10.8 Å². The van der Waals surface area contributed by atoms with Gasteiger partial charge in [0, 0.05) is 5.41 Å². The van der Waals surface area contributed by atoms with Crippen molar-refractivity contribution >= 4 is 10.8 Å². The van der Waals surface area contributed by atoms with E-state index >= 15 is 0 Å². The second-order valence-electron chi connectivity index (χ2n) is 10.3. The monoisotopic (exact) mass is 374 g/mol. The minimum absolute atomic E-state index is 0.00604. The van der Waals surface area contributed by atoms with Gasteiger partial charge >= 0.3 is 0 Å². The summed E-state index contributed by atoms with van der Waals surface area (Å²) in [6.45, 7) is 11.6. The first-order chi connectivity index (χ1) is 13.8. The van der Waals surface area contributed by atoms with Crippen LogP contribution in [0.15, 0.2) is 66.7 Å². The second kappa shape index (κ2) is 5.19. The molecule has 142 valence electrons. The zero-order chi connectivity index (χ0) is 20.1. The SMILES string of the molecule is CC(C)(C)c1ccc2c(c1)-c1ccc3c4c(ccc-2c14)-c1ccccc1C3(C)C. The number of rotatable bonds is 0. The molecule has 0 bridgehead atoms. The topological polar surface area (TPSA) is 0 Å². The first-order valence-electron chi connectivity index (χ1n) is 10.6. The zero-order valence-corrected chi connectivity index (χ0v) is 17.9. The van der Waals surface area contributed by atoms with E-state index in [1.807, 2.05) is 0 Å². The maximum absolute atomic E-state index is 2.42. The van der Waals surface area contributed by atoms with E-state index in [9.17, 15) is 0 Å². The quantitative estimate of drug-likeness (QED) is 0.257. The molecule has 0 saturated carbocycles. The molecule has 4 aromatic rings. The molecule has 0 heterocycles. The Kier molecular flexibility index (Phi) is 3.05. The van der Waals surface area contributed by atoms with E-state index < -0.39 is 0 Å². The van der Waals surface area contributed by atoms with Crippen molar-refractivity contribution in [3.05, 3.63) is 83.4 Å². The van der Waals surface area contributed by atoms with E-state index in [1.54, 1.807) is 0 Å². The molecule has 0 nitrogen and oxygen atoms in total. The molecule has 0 radical (unpaired) electrons. The highest BCUT2D eigenvalue weighted by atomic mass is 14.4. The Labute approximate surface area is 173 Å². The zero-order valence-electron chi connectivity index (χ0n) is 17.9. The molecule has 0 spiro atoms. The molecule has 0 atom stereocenters. The van der Waals surface area contributed by atoms with Crippen LogP contribution in [0.4, 0.5) is 0 Å². The lowest BCUT2D eigenvalue weighted by molar-refractivity contribution is 0.590. The molecule has 2 aliphatic carbocycles. The summed E-state index contributed by atoms with van der Waals surface area (Å²) in [5.41, 5.74) is 12.8. The van der Waals surface area contributed by atoms with Gasteiger partial charge in [-0.25, -0.2) is 0 Å². The smallest absolute Gasteiger partial charge is 0.0159 e. The fraction of sp³-hybridized carbons (Fsp3) is 0.241. The van der Waals surface area contributed by atoms with Crippen molar-refractivity contribution < 1.29 is 0 Å². The van der Waals surface area contributed by atoms with Gasteiger partial charge in [0.2, 0.25) is 0 Å². The van der Waals surface area contributed by atoms with Gasteiger partial charge in [-0.1, -0.05) is 95.3 Å². The third-order valence-corrected chi connectivity index (χ3v) is 7.19. The molecule has 0 N–H and O–H groups in total. The molecule has 0 aliphatic heterocycles. The Balaban J connectivity index is 1.75. The van der Waals surface area contributed by atoms with Crippen molar-refractivity contribution in [3.8, 4) is 33.4 Å². The van der Waals surface area contributed by atoms with Crippen LogP contribution in [0.1, 0.15) is 51.3 Å². The summed E-state index contributed by atoms with van der Waals surface area (Å²) >= 11 is 0. The lowest BCUT2D eigenvalue weighted by Gasteiger charge is -2.35. The minimum Gasteiger partial charge on any atom is -0.0619 e. The molecule has 6 rings (SSSR count). The average molecular weight is 375 g/mol. The highest BCUT2D eigenvalue weighted by Gasteiger charge is 2.36. The van der Waals surface area contributed by atoms with Gasteiger partial charge in [-0.05, 0) is 72.3 Å². The van der Waals surface area contributed by atoms with Gasteiger partial charge < -0.3 is 0 Å². The summed E-state index contributed by atoms with van der Waals surface area (Å²) in [6, 6.07) is 25.5. The van der Waals surface area contributed by atoms with Gasteiger partial charge in [0.15, 0.2) is 0 Å². The molecule has 0 aromatic heterocycles. The van der Waals surface area contributed by atoms with Gasteiger partial charge in [0.25, 0.3) is 0 Å². The normalized spacial score (nSPS) is 15.3. The van der Waals surface area contributed by atoms with Crippen LogP contribution >= 0.6 is 0 Å². The van der Waals surface area contributed by atoms with E-state index in [1.165, 1.54) is 60.8 Å². The predicted octanol–water partition coefficient (Wildman–Crippen LogP) is 8.09. The highest BCUT2D eigenvalue weighted by molar-refractivity contribution is 6.20. The molecule has 0 saturated heterocycles. The van der Waals surface area contributed by atoms with Gasteiger partial charge in [-0.3, -0.25) is 0 Å². The van der Waals surface area contributed by atoms with Crippen molar-refractivity contribution in [1.29, 1.82) is 0 Å². The van der Waals surface area contributed by atoms with Crippen LogP contribution in [-0.4, -0.2) is 0 Å². The first-order valence-corrected chi connectivity index (χ1v) is 10.6. The summed E-state index contributed by atoms with van der Waals surface area (Å²) < 4.78 is 0. The van der Waals surface area contributed by atoms with Gasteiger partial charge in [-0.15, -0.1) is 0 Å². The van der Waals surface area contributed by atoms with E-state index in [2.05, 4.69) is 101 Å². The Morgan fingerprint density at radius 2 is 1.17 bits per heavy atom. The van der Waals surface area contributed by atoms with Gasteiger partial charge in [0.1, 0.15) is 0 Å². The lowest BCUT2D eigenvalue weighted by Crippen LogP contribution is -2.23. The Hall–Kier alpha value is -2.86. The number of fused-ring (bicyclic) bond motifs is 5. The summed E-state index contributed by atoms with van der Waals surface area (Å²) in [7, 11) is 0. The fourth-order valence-corrected chi connectivity index (χ4v) is 5.57. The van der Waals surface area contributed by atoms with E-state index in [0.29, 0.717) is 0 Å². The van der Waals surface area contributed by atoms with Crippen molar-refractivity contribution in [2.75, 3.05) is 0 Å². The Morgan fingerprint density at radius 3 is 1.93 bits per heavy atom. The summed E-state index contributed by atoms with van der Waals surface area (Å²) in [5.74, 6) is 0. The molecule has 4 aromatic carbocycles. The summed E-state index contributed by atoms with van der Waals surface area (Å²) in [6.07, 6.45) is 0. The molecule has 2 aliphatic rings. The minimum atomic E-state index is 0.00604. The van der Waals surface area contributed by atoms with Crippen LogP contribution in [0.5, 0.6) is 0 Å². The summed E-state index contributed by atoms with van der Waals surface area (Å²) in [5, 5.41) is 2.90. The maximum atomic E-state index is 2.42. The van der Waals surface area contributed by atoms with Crippen molar-refractivity contribution in [2.24, 2.45) is 0 Å². The van der Waals surface area contributed by atoms with Crippen molar-refractivity contribution in [2.45, 2.75) is 45.4 Å². The molecule has 29 heavy (non-hydrogen) atoms. The van der Waals surface area contributed by atoms with Crippen LogP contribution in [0.3, 0.4) is 0 Å². The van der Waals surface area contributed by atoms with Crippen LogP contribution in [0, 0.1) is 0 Å². The third kappa shape index (κ3) is 2.04. The number of hydrogen-bond donors (Lipinski definition) is 0. The first kappa shape index (κ1) is 17.0. The summed E-state index contributed by atoms with van der Waals surface area (Å²) in [4.78, 5) is 0. The van der Waals surface area contributed by atoms with E-state index in [0.717, 1.165) is 0 Å². The molecular weight excluding hydrogens is 348 g/mol. The second-order valence-corrected chi connectivity index (χ2v) is 10.3. The van der Waals surface area contributed by atoms with Crippen LogP contribution in [-0.2, 0) is 10.8 Å². The van der Waals surface area contributed by atoms with Crippen LogP contribution < -0.4 is 0 Å². The number of benzene rings is 4. The Morgan fingerprint density at radius 1 is 0.552 bits per heavy atom. The van der Waals surface area contributed by atoms with Gasteiger partial charge in [-0.2, -0.15) is 0 Å². The molecule has 0 unspecified atom stereocenters. The largest absolute Gasteiger partial charge is 0.0619 e. The van der Waals surface area contributed by atoms with Crippen LogP contribution in [0.2, 0.25) is 0 Å². The lowest BCUT2D eigenvalue weighted by atomic mass is 9.68. The van der Waals surface area contributed by atoms with E-state index in [4.69, 9.17) is 0 Å².